The third-order valence-electron chi connectivity index (χ3n) is 4.55. The fraction of sp³-hybridized carbons (Fsp3) is 0.286. The van der Waals surface area contributed by atoms with Crippen molar-refractivity contribution in [3.8, 4) is 0 Å². The molecule has 0 aliphatic rings. The average molecular weight is 450 g/mol. The summed E-state index contributed by atoms with van der Waals surface area (Å²) in [7, 11) is 4.03. The van der Waals surface area contributed by atoms with Crippen molar-refractivity contribution in [2.24, 2.45) is 0 Å². The van der Waals surface area contributed by atoms with Crippen LogP contribution in [0.4, 0.5) is 0 Å². The third-order valence-corrected chi connectivity index (χ3v) is 5.29. The third kappa shape index (κ3) is 4.72. The van der Waals surface area contributed by atoms with Crippen molar-refractivity contribution in [2.45, 2.75) is 19.4 Å². The number of furan rings is 1. The SMILES string of the molecule is Cc1c(C(=O)NC(CCN(C)C)c2ccc(Cl)cc2)oc2cc(Br)ccc12. The second kappa shape index (κ2) is 8.46. The number of halogens is 2. The van der Waals surface area contributed by atoms with Gasteiger partial charge in [-0.2, -0.15) is 0 Å². The molecule has 3 rings (SSSR count). The molecule has 4 nitrogen and oxygen atoms in total. The average Bonchev–Trinajstić information content (AvgIpc) is 2.95. The van der Waals surface area contributed by atoms with Crippen molar-refractivity contribution in [1.29, 1.82) is 0 Å². The molecule has 0 aliphatic carbocycles. The van der Waals surface area contributed by atoms with Gasteiger partial charge in [-0.1, -0.05) is 39.7 Å². The summed E-state index contributed by atoms with van der Waals surface area (Å²) in [5, 5.41) is 4.75. The highest BCUT2D eigenvalue weighted by molar-refractivity contribution is 9.10. The van der Waals surface area contributed by atoms with Gasteiger partial charge in [0.1, 0.15) is 5.58 Å². The summed E-state index contributed by atoms with van der Waals surface area (Å²) in [6.07, 6.45) is 0.783. The predicted octanol–water partition coefficient (Wildman–Crippen LogP) is 5.58. The minimum atomic E-state index is -0.210. The molecule has 3 aromatic rings. The Morgan fingerprint density at radius 3 is 2.59 bits per heavy atom. The van der Waals surface area contributed by atoms with Gasteiger partial charge in [0.25, 0.3) is 5.91 Å². The van der Waals surface area contributed by atoms with E-state index in [0.29, 0.717) is 16.4 Å². The first-order chi connectivity index (χ1) is 12.8. The maximum atomic E-state index is 13.0. The molecule has 0 spiro atoms. The summed E-state index contributed by atoms with van der Waals surface area (Å²) < 4.78 is 6.77. The van der Waals surface area contributed by atoms with Crippen LogP contribution in [0.5, 0.6) is 0 Å². The summed E-state index contributed by atoms with van der Waals surface area (Å²) in [6, 6.07) is 13.2. The van der Waals surface area contributed by atoms with E-state index in [1.807, 2.05) is 63.5 Å². The molecule has 142 valence electrons. The molecule has 6 heteroatoms. The van der Waals surface area contributed by atoms with Gasteiger partial charge in [-0.15, -0.1) is 0 Å². The Balaban J connectivity index is 1.87. The molecule has 0 saturated carbocycles. The van der Waals surface area contributed by atoms with E-state index in [2.05, 4.69) is 26.1 Å². The van der Waals surface area contributed by atoms with Crippen LogP contribution in [0.15, 0.2) is 51.4 Å². The smallest absolute Gasteiger partial charge is 0.287 e. The van der Waals surface area contributed by atoms with Crippen LogP contribution in [0.3, 0.4) is 0 Å². The monoisotopic (exact) mass is 448 g/mol. The molecule has 0 radical (unpaired) electrons. The van der Waals surface area contributed by atoms with Crippen molar-refractivity contribution >= 4 is 44.4 Å². The van der Waals surface area contributed by atoms with Crippen molar-refractivity contribution in [3.05, 3.63) is 68.8 Å². The molecule has 1 heterocycles. The number of fused-ring (bicyclic) bond motifs is 1. The summed E-state index contributed by atoms with van der Waals surface area (Å²) in [5.41, 5.74) is 2.56. The molecular weight excluding hydrogens is 428 g/mol. The van der Waals surface area contributed by atoms with Crippen LogP contribution in [0.25, 0.3) is 11.0 Å². The summed E-state index contributed by atoms with van der Waals surface area (Å²) in [5.74, 6) is 0.144. The lowest BCUT2D eigenvalue weighted by molar-refractivity contribution is 0.0906. The van der Waals surface area contributed by atoms with E-state index in [1.165, 1.54) is 0 Å². The number of hydrogen-bond acceptors (Lipinski definition) is 3. The molecule has 1 N–H and O–H groups in total. The van der Waals surface area contributed by atoms with Gasteiger partial charge in [-0.25, -0.2) is 0 Å². The van der Waals surface area contributed by atoms with Gasteiger partial charge in [-0.05, 0) is 69.9 Å². The number of benzene rings is 2. The van der Waals surface area contributed by atoms with E-state index in [4.69, 9.17) is 16.0 Å². The van der Waals surface area contributed by atoms with Gasteiger partial charge in [0, 0.05) is 20.4 Å². The van der Waals surface area contributed by atoms with Gasteiger partial charge < -0.3 is 14.6 Å². The Labute approximate surface area is 172 Å². The Hall–Kier alpha value is -1.82. The number of nitrogens with one attached hydrogen (secondary N) is 1. The minimum Gasteiger partial charge on any atom is -0.451 e. The van der Waals surface area contributed by atoms with Crippen LogP contribution >= 0.6 is 27.5 Å². The van der Waals surface area contributed by atoms with E-state index in [1.54, 1.807) is 0 Å². The molecule has 1 aromatic heterocycles. The zero-order chi connectivity index (χ0) is 19.6. The first-order valence-electron chi connectivity index (χ1n) is 8.75. The Morgan fingerprint density at radius 2 is 1.93 bits per heavy atom. The van der Waals surface area contributed by atoms with Crippen molar-refractivity contribution in [1.82, 2.24) is 10.2 Å². The molecule has 0 aliphatic heterocycles. The largest absolute Gasteiger partial charge is 0.451 e. The number of carbonyl (C=O) groups excluding carboxylic acids is 1. The van der Waals surface area contributed by atoms with Crippen molar-refractivity contribution in [2.75, 3.05) is 20.6 Å². The predicted molar refractivity (Wildman–Crippen MR) is 113 cm³/mol. The van der Waals surface area contributed by atoms with Crippen LogP contribution in [0.2, 0.25) is 5.02 Å². The van der Waals surface area contributed by atoms with Gasteiger partial charge >= 0.3 is 0 Å². The molecule has 0 fully saturated rings. The lowest BCUT2D eigenvalue weighted by atomic mass is 10.0. The molecule has 1 atom stereocenters. The molecule has 0 saturated heterocycles. The number of hydrogen-bond donors (Lipinski definition) is 1. The molecular formula is C21H22BrClN2O2. The van der Waals surface area contributed by atoms with E-state index in [-0.39, 0.29) is 11.9 Å². The van der Waals surface area contributed by atoms with E-state index in [0.717, 1.165) is 34.0 Å². The summed E-state index contributed by atoms with van der Waals surface area (Å²) >= 11 is 9.45. The molecule has 27 heavy (non-hydrogen) atoms. The molecule has 1 amide bonds. The van der Waals surface area contributed by atoms with E-state index in [9.17, 15) is 4.79 Å². The van der Waals surface area contributed by atoms with Crippen LogP contribution in [0.1, 0.15) is 34.1 Å². The lowest BCUT2D eigenvalue weighted by Gasteiger charge is -2.21. The van der Waals surface area contributed by atoms with Crippen LogP contribution in [-0.4, -0.2) is 31.4 Å². The highest BCUT2D eigenvalue weighted by atomic mass is 79.9. The minimum absolute atomic E-state index is 0.128. The zero-order valence-electron chi connectivity index (χ0n) is 15.6. The van der Waals surface area contributed by atoms with Crippen LogP contribution < -0.4 is 5.32 Å². The lowest BCUT2D eigenvalue weighted by Crippen LogP contribution is -2.31. The fourth-order valence-electron chi connectivity index (χ4n) is 3.04. The normalized spacial score (nSPS) is 12.5. The second-order valence-corrected chi connectivity index (χ2v) is 8.22. The first-order valence-corrected chi connectivity index (χ1v) is 9.92. The quantitative estimate of drug-likeness (QED) is 0.534. The number of nitrogens with zero attached hydrogens (tertiary/aromatic N) is 1. The van der Waals surface area contributed by atoms with Gasteiger partial charge in [0.05, 0.1) is 6.04 Å². The number of aryl methyl sites for hydroxylation is 1. The standard InChI is InChI=1S/C21H22BrClN2O2/c1-13-17-9-6-15(22)12-19(17)27-20(13)21(26)24-18(10-11-25(2)3)14-4-7-16(23)8-5-14/h4-9,12,18H,10-11H2,1-3H3,(H,24,26). The van der Waals surface area contributed by atoms with Crippen molar-refractivity contribution in [3.63, 3.8) is 0 Å². The number of rotatable bonds is 6. The van der Waals surface area contributed by atoms with Crippen LogP contribution in [0, 0.1) is 6.92 Å². The highest BCUT2D eigenvalue weighted by Gasteiger charge is 2.22. The van der Waals surface area contributed by atoms with Gasteiger partial charge in [-0.3, -0.25) is 4.79 Å². The number of carbonyl (C=O) groups is 1. The van der Waals surface area contributed by atoms with Gasteiger partial charge in [0.15, 0.2) is 5.76 Å². The zero-order valence-corrected chi connectivity index (χ0v) is 17.9. The van der Waals surface area contributed by atoms with Crippen molar-refractivity contribution < 1.29 is 9.21 Å². The van der Waals surface area contributed by atoms with E-state index >= 15 is 0 Å². The molecule has 1 unspecified atom stereocenters. The summed E-state index contributed by atoms with van der Waals surface area (Å²) in [6.45, 7) is 2.76. The Bertz CT molecular complexity index is 951. The van der Waals surface area contributed by atoms with Crippen LogP contribution in [-0.2, 0) is 0 Å². The van der Waals surface area contributed by atoms with E-state index < -0.39 is 0 Å². The molecule has 2 aromatic carbocycles. The second-order valence-electron chi connectivity index (χ2n) is 6.87. The maximum absolute atomic E-state index is 13.0. The topological polar surface area (TPSA) is 45.5 Å². The maximum Gasteiger partial charge on any atom is 0.287 e. The molecule has 0 bridgehead atoms. The number of amides is 1. The van der Waals surface area contributed by atoms with Gasteiger partial charge in [0.2, 0.25) is 0 Å². The first kappa shape index (κ1) is 19.9. The Kier molecular flexibility index (Phi) is 6.25. The Morgan fingerprint density at radius 1 is 1.22 bits per heavy atom. The highest BCUT2D eigenvalue weighted by Crippen LogP contribution is 2.29. The fourth-order valence-corrected chi connectivity index (χ4v) is 3.51. The summed E-state index contributed by atoms with van der Waals surface area (Å²) in [4.78, 5) is 15.1.